The van der Waals surface area contributed by atoms with Gasteiger partial charge >= 0.3 is 0 Å². The van der Waals surface area contributed by atoms with Crippen LogP contribution in [-0.2, 0) is 16.1 Å². The fourth-order valence-electron chi connectivity index (χ4n) is 3.82. The quantitative estimate of drug-likeness (QED) is 0.876. The molecule has 2 fully saturated rings. The van der Waals surface area contributed by atoms with Gasteiger partial charge in [0.25, 0.3) is 0 Å². The molecule has 1 N–H and O–H groups in total. The summed E-state index contributed by atoms with van der Waals surface area (Å²) >= 11 is 0. The summed E-state index contributed by atoms with van der Waals surface area (Å²) in [6, 6.07) is 8.01. The first kappa shape index (κ1) is 14.6. The van der Waals surface area contributed by atoms with Gasteiger partial charge in [0.05, 0.1) is 18.2 Å². The van der Waals surface area contributed by atoms with Crippen molar-refractivity contribution in [2.24, 2.45) is 5.92 Å². The zero-order chi connectivity index (χ0) is 16.0. The van der Waals surface area contributed by atoms with Crippen LogP contribution in [0.1, 0.15) is 6.42 Å². The lowest BCUT2D eigenvalue weighted by Crippen LogP contribution is -2.69. The number of rotatable bonds is 4. The van der Waals surface area contributed by atoms with Gasteiger partial charge in [-0.2, -0.15) is 15.0 Å². The topological polar surface area (TPSA) is 72.3 Å². The molecular formula is C16H21N5O2. The van der Waals surface area contributed by atoms with E-state index in [2.05, 4.69) is 20.4 Å². The molecule has 2 aromatic rings. The predicted molar refractivity (Wildman–Crippen MR) is 84.8 cm³/mol. The fraction of sp³-hybridized carbons (Fsp3) is 0.562. The molecule has 2 heterocycles. The Morgan fingerprint density at radius 3 is 2.70 bits per heavy atom. The van der Waals surface area contributed by atoms with Crippen molar-refractivity contribution in [2.45, 2.75) is 31.2 Å². The Labute approximate surface area is 134 Å². The number of hydrogen-bond donors (Lipinski definition) is 1. The number of nitrogens with zero attached hydrogens (tertiary/aromatic N) is 4. The van der Waals surface area contributed by atoms with Crippen LogP contribution in [-0.4, -0.2) is 64.7 Å². The standard InChI is InChI=1S/C16H21N5O2/c1-20(2)15-14(10-7-8-23-16(10)15)17-13(22)9-21-18-11-5-3-4-6-12(11)19-21/h3-6,10,14-16H,7-9H2,1-2H3,(H,17,22)/t10-,14+,15-,16-/m1/s1. The molecule has 23 heavy (non-hydrogen) atoms. The molecule has 1 aliphatic carbocycles. The van der Waals surface area contributed by atoms with Gasteiger partial charge in [-0.15, -0.1) is 0 Å². The van der Waals surface area contributed by atoms with E-state index in [0.29, 0.717) is 5.92 Å². The summed E-state index contributed by atoms with van der Waals surface area (Å²) in [5, 5.41) is 11.8. The highest BCUT2D eigenvalue weighted by atomic mass is 16.5. The van der Waals surface area contributed by atoms with Crippen molar-refractivity contribution in [1.29, 1.82) is 0 Å². The third-order valence-corrected chi connectivity index (χ3v) is 4.89. The molecule has 1 saturated carbocycles. The van der Waals surface area contributed by atoms with Crippen LogP contribution < -0.4 is 5.32 Å². The zero-order valence-electron chi connectivity index (χ0n) is 13.3. The first-order chi connectivity index (χ1) is 11.1. The first-order valence-corrected chi connectivity index (χ1v) is 8.01. The van der Waals surface area contributed by atoms with Gasteiger partial charge in [-0.25, -0.2) is 0 Å². The molecule has 7 heteroatoms. The number of likely N-dealkylation sites (N-methyl/N-ethyl adjacent to an activating group) is 1. The molecule has 1 amide bonds. The molecular weight excluding hydrogens is 294 g/mol. The van der Waals surface area contributed by atoms with Crippen molar-refractivity contribution < 1.29 is 9.53 Å². The van der Waals surface area contributed by atoms with Gasteiger partial charge in [-0.3, -0.25) is 4.79 Å². The van der Waals surface area contributed by atoms with Crippen molar-refractivity contribution in [3.63, 3.8) is 0 Å². The van der Waals surface area contributed by atoms with Crippen LogP contribution in [0.3, 0.4) is 0 Å². The van der Waals surface area contributed by atoms with Crippen LogP contribution >= 0.6 is 0 Å². The monoisotopic (exact) mass is 315 g/mol. The maximum atomic E-state index is 12.4. The van der Waals surface area contributed by atoms with E-state index >= 15 is 0 Å². The third-order valence-electron chi connectivity index (χ3n) is 4.89. The Balaban J connectivity index is 1.43. The lowest BCUT2D eigenvalue weighted by Gasteiger charge is -2.50. The Hall–Kier alpha value is -1.99. The van der Waals surface area contributed by atoms with Crippen molar-refractivity contribution >= 4 is 16.9 Å². The molecule has 1 aliphatic heterocycles. The van der Waals surface area contributed by atoms with Gasteiger partial charge in [0, 0.05) is 12.5 Å². The highest BCUT2D eigenvalue weighted by Gasteiger charge is 2.55. The normalized spacial score (nSPS) is 29.5. The van der Waals surface area contributed by atoms with E-state index < -0.39 is 0 Å². The van der Waals surface area contributed by atoms with Crippen molar-refractivity contribution in [3.8, 4) is 0 Å². The summed E-state index contributed by atoms with van der Waals surface area (Å²) in [7, 11) is 4.06. The maximum Gasteiger partial charge on any atom is 0.243 e. The van der Waals surface area contributed by atoms with Crippen LogP contribution in [0.5, 0.6) is 0 Å². The van der Waals surface area contributed by atoms with Gasteiger partial charge < -0.3 is 15.0 Å². The highest BCUT2D eigenvalue weighted by molar-refractivity contribution is 5.77. The molecule has 0 spiro atoms. The molecule has 0 bridgehead atoms. The van der Waals surface area contributed by atoms with Crippen molar-refractivity contribution in [1.82, 2.24) is 25.2 Å². The number of carbonyl (C=O) groups is 1. The summed E-state index contributed by atoms with van der Waals surface area (Å²) in [4.78, 5) is 16.0. The number of amides is 1. The molecule has 0 unspecified atom stereocenters. The lowest BCUT2D eigenvalue weighted by molar-refractivity contribution is -0.128. The fourth-order valence-corrected chi connectivity index (χ4v) is 3.82. The van der Waals surface area contributed by atoms with Gasteiger partial charge in [0.2, 0.25) is 5.91 Å². The Kier molecular flexibility index (Phi) is 3.54. The van der Waals surface area contributed by atoms with Gasteiger partial charge in [0.1, 0.15) is 17.6 Å². The van der Waals surface area contributed by atoms with E-state index in [1.165, 1.54) is 4.80 Å². The summed E-state index contributed by atoms with van der Waals surface area (Å²) < 4.78 is 5.77. The van der Waals surface area contributed by atoms with E-state index in [4.69, 9.17) is 4.74 Å². The van der Waals surface area contributed by atoms with Gasteiger partial charge in [-0.1, -0.05) is 12.1 Å². The first-order valence-electron chi connectivity index (χ1n) is 8.01. The van der Waals surface area contributed by atoms with Crippen LogP contribution in [0.4, 0.5) is 0 Å². The maximum absolute atomic E-state index is 12.4. The Morgan fingerprint density at radius 1 is 1.35 bits per heavy atom. The minimum atomic E-state index is -0.0486. The average Bonchev–Trinajstić information content (AvgIpc) is 3.08. The van der Waals surface area contributed by atoms with E-state index in [9.17, 15) is 4.79 Å². The third kappa shape index (κ3) is 2.49. The molecule has 2 aliphatic rings. The number of ether oxygens (including phenoxy) is 1. The van der Waals surface area contributed by atoms with Crippen LogP contribution in [0.2, 0.25) is 0 Å². The molecule has 4 rings (SSSR count). The lowest BCUT2D eigenvalue weighted by atomic mass is 9.71. The van der Waals surface area contributed by atoms with Crippen LogP contribution in [0, 0.1) is 5.92 Å². The second kappa shape index (κ2) is 5.58. The molecule has 122 valence electrons. The van der Waals surface area contributed by atoms with Gasteiger partial charge in [0.15, 0.2) is 0 Å². The van der Waals surface area contributed by atoms with Crippen LogP contribution in [0.25, 0.3) is 11.0 Å². The number of fused-ring (bicyclic) bond motifs is 2. The second-order valence-corrected chi connectivity index (χ2v) is 6.55. The largest absolute Gasteiger partial charge is 0.376 e. The summed E-state index contributed by atoms with van der Waals surface area (Å²) in [5.74, 6) is 0.378. The smallest absolute Gasteiger partial charge is 0.243 e. The Morgan fingerprint density at radius 2 is 2.04 bits per heavy atom. The molecule has 1 aromatic heterocycles. The number of carbonyl (C=O) groups excluding carboxylic acids is 1. The molecule has 4 atom stereocenters. The van der Waals surface area contributed by atoms with Crippen molar-refractivity contribution in [2.75, 3.05) is 20.7 Å². The summed E-state index contributed by atoms with van der Waals surface area (Å²) in [6.45, 7) is 0.932. The van der Waals surface area contributed by atoms with E-state index in [1.807, 2.05) is 38.4 Å². The SMILES string of the molecule is CN(C)[C@@H]1[C@@H](NC(=O)Cn2nc3ccccc3n2)[C@H]2CCO[C@H]21. The summed E-state index contributed by atoms with van der Waals surface area (Å²) in [6.07, 6.45) is 1.27. The molecule has 7 nitrogen and oxygen atoms in total. The minimum absolute atomic E-state index is 0.0486. The summed E-state index contributed by atoms with van der Waals surface area (Å²) in [5.41, 5.74) is 1.61. The molecule has 1 saturated heterocycles. The van der Waals surface area contributed by atoms with Crippen LogP contribution in [0.15, 0.2) is 24.3 Å². The van der Waals surface area contributed by atoms with Crippen molar-refractivity contribution in [3.05, 3.63) is 24.3 Å². The van der Waals surface area contributed by atoms with Gasteiger partial charge in [-0.05, 0) is 32.6 Å². The molecule has 0 radical (unpaired) electrons. The number of benzene rings is 1. The number of nitrogens with one attached hydrogen (secondary N) is 1. The predicted octanol–water partition coefficient (Wildman–Crippen LogP) is 0.265. The zero-order valence-corrected chi connectivity index (χ0v) is 13.3. The Bertz CT molecular complexity index is 695. The number of aromatic nitrogens is 3. The number of hydrogen-bond acceptors (Lipinski definition) is 5. The van der Waals surface area contributed by atoms with E-state index in [0.717, 1.165) is 24.1 Å². The highest BCUT2D eigenvalue weighted by Crippen LogP contribution is 2.41. The molecule has 1 aromatic carbocycles. The van der Waals surface area contributed by atoms with E-state index in [-0.39, 0.29) is 30.6 Å². The van der Waals surface area contributed by atoms with E-state index in [1.54, 1.807) is 0 Å². The minimum Gasteiger partial charge on any atom is -0.376 e. The second-order valence-electron chi connectivity index (χ2n) is 6.55. The average molecular weight is 315 g/mol.